The van der Waals surface area contributed by atoms with E-state index in [-0.39, 0.29) is 22.1 Å². The third-order valence-electron chi connectivity index (χ3n) is 4.21. The molecular formula is C22H30N2O3S2. The molecule has 0 aromatic heterocycles. The van der Waals surface area contributed by atoms with Gasteiger partial charge in [0.15, 0.2) is 0 Å². The summed E-state index contributed by atoms with van der Waals surface area (Å²) in [6.45, 7) is 8.63. The van der Waals surface area contributed by atoms with Crippen LogP contribution in [0, 0.1) is 0 Å². The Labute approximate surface area is 178 Å². The van der Waals surface area contributed by atoms with Crippen molar-refractivity contribution in [2.75, 3.05) is 23.1 Å². The predicted molar refractivity (Wildman–Crippen MR) is 122 cm³/mol. The Kier molecular flexibility index (Phi) is 8.16. The maximum absolute atomic E-state index is 13.2. The highest BCUT2D eigenvalue weighted by atomic mass is 32.2. The van der Waals surface area contributed by atoms with Gasteiger partial charge in [-0.3, -0.25) is 9.10 Å². The second-order valence-electron chi connectivity index (χ2n) is 7.66. The topological polar surface area (TPSA) is 66.5 Å². The second-order valence-corrected chi connectivity index (χ2v) is 11.4. The highest BCUT2D eigenvalue weighted by Gasteiger charge is 2.27. The maximum atomic E-state index is 13.2. The van der Waals surface area contributed by atoms with E-state index >= 15 is 0 Å². The summed E-state index contributed by atoms with van der Waals surface area (Å²) in [5.74, 6) is 0.449. The first-order valence-corrected chi connectivity index (χ1v) is 12.1. The molecule has 158 valence electrons. The molecule has 0 unspecified atom stereocenters. The van der Waals surface area contributed by atoms with Crippen molar-refractivity contribution in [1.82, 2.24) is 5.32 Å². The lowest BCUT2D eigenvalue weighted by Crippen LogP contribution is -2.41. The van der Waals surface area contributed by atoms with E-state index in [0.717, 1.165) is 17.7 Å². The number of nitrogens with zero attached hydrogens (tertiary/aromatic N) is 1. The molecule has 0 saturated carbocycles. The monoisotopic (exact) mass is 434 g/mol. The van der Waals surface area contributed by atoms with Crippen molar-refractivity contribution in [3.8, 4) is 0 Å². The lowest BCUT2D eigenvalue weighted by molar-refractivity contribution is -0.119. The average Bonchev–Trinajstić information content (AvgIpc) is 2.69. The predicted octanol–water partition coefficient (Wildman–Crippen LogP) is 4.09. The first-order valence-electron chi connectivity index (χ1n) is 9.71. The molecule has 5 nitrogen and oxygen atoms in total. The van der Waals surface area contributed by atoms with Crippen LogP contribution in [0.3, 0.4) is 0 Å². The van der Waals surface area contributed by atoms with Crippen LogP contribution in [0.2, 0.25) is 0 Å². The van der Waals surface area contributed by atoms with E-state index in [2.05, 4.69) is 26.1 Å². The van der Waals surface area contributed by atoms with Crippen molar-refractivity contribution in [3.05, 3.63) is 60.2 Å². The Morgan fingerprint density at radius 1 is 1.03 bits per heavy atom. The van der Waals surface area contributed by atoms with Crippen molar-refractivity contribution >= 4 is 33.4 Å². The van der Waals surface area contributed by atoms with Gasteiger partial charge in [0.2, 0.25) is 5.91 Å². The molecule has 0 heterocycles. The minimum absolute atomic E-state index is 0.119. The zero-order chi connectivity index (χ0) is 21.5. The molecule has 7 heteroatoms. The van der Waals surface area contributed by atoms with E-state index in [1.165, 1.54) is 4.31 Å². The average molecular weight is 435 g/mol. The molecular weight excluding hydrogens is 404 g/mol. The number of hydrogen-bond donors (Lipinski definition) is 1. The number of thioether (sulfide) groups is 1. The second kappa shape index (κ2) is 10.2. The molecule has 1 amide bonds. The first kappa shape index (κ1) is 23.3. The van der Waals surface area contributed by atoms with Crippen molar-refractivity contribution in [1.29, 1.82) is 0 Å². The van der Waals surface area contributed by atoms with Crippen LogP contribution in [0.5, 0.6) is 0 Å². The van der Waals surface area contributed by atoms with E-state index < -0.39 is 10.0 Å². The fraction of sp³-hybridized carbons (Fsp3) is 0.409. The lowest BCUT2D eigenvalue weighted by atomic mass is 10.1. The number of rotatable bonds is 9. The Morgan fingerprint density at radius 2 is 1.66 bits per heavy atom. The number of aryl methyl sites for hydroxylation is 1. The first-order chi connectivity index (χ1) is 13.6. The maximum Gasteiger partial charge on any atom is 0.264 e. The SMILES string of the molecule is CCc1ccc(N(CC(=O)NCCSC(C)(C)C)S(=O)(=O)c2ccccc2)cc1. The van der Waals surface area contributed by atoms with E-state index in [9.17, 15) is 13.2 Å². The van der Waals surface area contributed by atoms with Gasteiger partial charge in [-0.15, -0.1) is 0 Å². The number of carbonyl (C=O) groups is 1. The van der Waals surface area contributed by atoms with Gasteiger partial charge in [0.25, 0.3) is 10.0 Å². The van der Waals surface area contributed by atoms with Crippen LogP contribution in [0.25, 0.3) is 0 Å². The van der Waals surface area contributed by atoms with Crippen LogP contribution >= 0.6 is 11.8 Å². The third kappa shape index (κ3) is 7.08. The highest BCUT2D eigenvalue weighted by molar-refractivity contribution is 8.00. The van der Waals surface area contributed by atoms with Gasteiger partial charge in [-0.2, -0.15) is 11.8 Å². The Bertz CT molecular complexity index is 890. The summed E-state index contributed by atoms with van der Waals surface area (Å²) in [7, 11) is -3.86. The summed E-state index contributed by atoms with van der Waals surface area (Å²) >= 11 is 1.75. The van der Waals surface area contributed by atoms with Crippen LogP contribution < -0.4 is 9.62 Å². The quantitative estimate of drug-likeness (QED) is 0.604. The fourth-order valence-electron chi connectivity index (χ4n) is 2.67. The minimum Gasteiger partial charge on any atom is -0.354 e. The van der Waals surface area contributed by atoms with E-state index in [1.807, 2.05) is 19.1 Å². The number of benzene rings is 2. The van der Waals surface area contributed by atoms with Gasteiger partial charge < -0.3 is 5.32 Å². The number of sulfonamides is 1. The van der Waals surface area contributed by atoms with Crippen LogP contribution in [-0.2, 0) is 21.2 Å². The largest absolute Gasteiger partial charge is 0.354 e. The molecule has 0 aliphatic rings. The molecule has 0 aliphatic heterocycles. The molecule has 0 bridgehead atoms. The van der Waals surface area contributed by atoms with Crippen molar-refractivity contribution in [2.24, 2.45) is 0 Å². The minimum atomic E-state index is -3.86. The van der Waals surface area contributed by atoms with Crippen LogP contribution in [0.4, 0.5) is 5.69 Å². The van der Waals surface area contributed by atoms with Gasteiger partial charge >= 0.3 is 0 Å². The number of anilines is 1. The summed E-state index contributed by atoms with van der Waals surface area (Å²) in [5.41, 5.74) is 1.58. The summed E-state index contributed by atoms with van der Waals surface area (Å²) in [4.78, 5) is 12.7. The van der Waals surface area contributed by atoms with E-state index in [4.69, 9.17) is 0 Å². The molecule has 0 fully saturated rings. The summed E-state index contributed by atoms with van der Waals surface area (Å²) < 4.78 is 27.7. The summed E-state index contributed by atoms with van der Waals surface area (Å²) in [5, 5.41) is 2.84. The molecule has 2 aromatic carbocycles. The molecule has 1 N–H and O–H groups in total. The smallest absolute Gasteiger partial charge is 0.264 e. The van der Waals surface area contributed by atoms with Gasteiger partial charge in [0.05, 0.1) is 10.6 Å². The van der Waals surface area contributed by atoms with Crippen molar-refractivity contribution in [2.45, 2.75) is 43.8 Å². The molecule has 0 atom stereocenters. The van der Waals surface area contributed by atoms with Gasteiger partial charge in [-0.05, 0) is 36.2 Å². The normalized spacial score (nSPS) is 11.9. The van der Waals surface area contributed by atoms with Crippen molar-refractivity contribution < 1.29 is 13.2 Å². The molecule has 2 rings (SSSR count). The zero-order valence-corrected chi connectivity index (χ0v) is 19.1. The standard InChI is InChI=1S/C22H30N2O3S2/c1-5-18-11-13-19(14-12-18)24(29(26,27)20-9-7-6-8-10-20)17-21(25)23-15-16-28-22(2,3)4/h6-14H,5,15-17H2,1-4H3,(H,23,25). The lowest BCUT2D eigenvalue weighted by Gasteiger charge is -2.24. The van der Waals surface area contributed by atoms with Crippen molar-refractivity contribution in [3.63, 3.8) is 0 Å². The molecule has 2 aromatic rings. The van der Waals surface area contributed by atoms with Gasteiger partial charge in [-0.25, -0.2) is 8.42 Å². The summed E-state index contributed by atoms with van der Waals surface area (Å²) in [6, 6.07) is 15.5. The fourth-order valence-corrected chi connectivity index (χ4v) is 4.93. The third-order valence-corrected chi connectivity index (χ3v) is 7.27. The number of nitrogens with one attached hydrogen (secondary N) is 1. The zero-order valence-electron chi connectivity index (χ0n) is 17.5. The van der Waals surface area contributed by atoms with Gasteiger partial charge in [-0.1, -0.05) is 58.0 Å². The van der Waals surface area contributed by atoms with Gasteiger partial charge in [0, 0.05) is 17.0 Å². The van der Waals surface area contributed by atoms with E-state index in [0.29, 0.717) is 12.2 Å². The summed E-state index contributed by atoms with van der Waals surface area (Å²) in [6.07, 6.45) is 0.859. The number of amides is 1. The molecule has 0 aliphatic carbocycles. The molecule has 0 saturated heterocycles. The Balaban J connectivity index is 2.20. The Hall–Kier alpha value is -1.99. The molecule has 29 heavy (non-hydrogen) atoms. The Morgan fingerprint density at radius 3 is 2.21 bits per heavy atom. The van der Waals surface area contributed by atoms with Crippen LogP contribution in [-0.4, -0.2) is 37.9 Å². The van der Waals surface area contributed by atoms with Crippen LogP contribution in [0.1, 0.15) is 33.3 Å². The number of carbonyl (C=O) groups excluding carboxylic acids is 1. The highest BCUT2D eigenvalue weighted by Crippen LogP contribution is 2.24. The van der Waals surface area contributed by atoms with Gasteiger partial charge in [0.1, 0.15) is 6.54 Å². The molecule has 0 radical (unpaired) electrons. The molecule has 0 spiro atoms. The van der Waals surface area contributed by atoms with Crippen LogP contribution in [0.15, 0.2) is 59.5 Å². The number of hydrogen-bond acceptors (Lipinski definition) is 4. The van der Waals surface area contributed by atoms with E-state index in [1.54, 1.807) is 54.2 Å².